The molecule has 18 nitrogen and oxygen atoms in total. The zero-order valence-electron chi connectivity index (χ0n) is 36.6. The molecule has 0 unspecified atom stereocenters. The Morgan fingerprint density at radius 1 is 0.844 bits per heavy atom. The summed E-state index contributed by atoms with van der Waals surface area (Å²) in [5.74, 6) is 0.537. The number of nitrogens with one attached hydrogen (secondary N) is 3. The van der Waals surface area contributed by atoms with E-state index in [1.807, 2.05) is 36.0 Å². The molecule has 3 aromatic carbocycles. The highest BCUT2D eigenvalue weighted by Gasteiger charge is 2.42. The second-order valence-corrected chi connectivity index (χ2v) is 16.9. The molecule has 0 saturated carbocycles. The van der Waals surface area contributed by atoms with Crippen molar-refractivity contribution in [2.24, 2.45) is 5.11 Å². The van der Waals surface area contributed by atoms with Gasteiger partial charge in [0.15, 0.2) is 0 Å². The van der Waals surface area contributed by atoms with Crippen LogP contribution in [0.15, 0.2) is 84.0 Å². The van der Waals surface area contributed by atoms with E-state index >= 15 is 0 Å². The maximum Gasteiger partial charge on any atom is 0.409 e. The molecule has 2 aliphatic heterocycles. The standard InChI is InChI=1S/C45H56N10O8S/c1-52(39(56)10-6-5-9-38-41-37(30-64-38)48-43(59)49-41)21-23-54(3)42(58)33-15-12-32(13-16-33)29-47-44(60)62-25-7-8-26-63-45(61)55(4)24-22-53(2)40(57)20-14-31-11-17-35-28-36(50-51-46)19-18-34(35)27-31/h7-8,11-20,27-28,37-38,41H,5-6,9-10,21-26,29-30H2,1-4H3,(H,47,60)(H2,48,49,59)/b8-7+,20-14+/t37-,38-,41-/m1/s1. The van der Waals surface area contributed by atoms with E-state index in [1.165, 1.54) is 15.9 Å². The van der Waals surface area contributed by atoms with Crippen LogP contribution < -0.4 is 16.0 Å². The molecule has 0 aromatic heterocycles. The first-order chi connectivity index (χ1) is 30.8. The molecule has 0 radical (unpaired) electrons. The molecule has 3 aromatic rings. The molecule has 3 atom stereocenters. The summed E-state index contributed by atoms with van der Waals surface area (Å²) >= 11 is 1.87. The summed E-state index contributed by atoms with van der Waals surface area (Å²) in [6.45, 7) is 1.41. The van der Waals surface area contributed by atoms with E-state index in [-0.39, 0.29) is 68.7 Å². The van der Waals surface area contributed by atoms with Gasteiger partial charge in [0.25, 0.3) is 5.91 Å². The number of hydrogen-bond donors (Lipinski definition) is 3. The lowest BCUT2D eigenvalue weighted by Crippen LogP contribution is -2.37. The number of thioether (sulfide) groups is 1. The Hall–Kier alpha value is -6.72. The minimum atomic E-state index is -0.643. The minimum Gasteiger partial charge on any atom is -0.445 e. The Labute approximate surface area is 377 Å². The Morgan fingerprint density at radius 2 is 1.53 bits per heavy atom. The topological polar surface area (TPSA) is 219 Å². The van der Waals surface area contributed by atoms with Crippen LogP contribution >= 0.6 is 11.8 Å². The van der Waals surface area contributed by atoms with E-state index in [0.717, 1.165) is 46.9 Å². The Kier molecular flexibility index (Phi) is 18.3. The van der Waals surface area contributed by atoms with E-state index in [4.69, 9.17) is 15.0 Å². The van der Waals surface area contributed by atoms with E-state index in [2.05, 4.69) is 26.0 Å². The van der Waals surface area contributed by atoms with Gasteiger partial charge in [-0.25, -0.2) is 14.4 Å². The number of nitrogens with zero attached hydrogens (tertiary/aromatic N) is 7. The highest BCUT2D eigenvalue weighted by Crippen LogP contribution is 2.33. The summed E-state index contributed by atoms with van der Waals surface area (Å²) in [6, 6.07) is 18.2. The third-order valence-electron chi connectivity index (χ3n) is 10.9. The van der Waals surface area contributed by atoms with Gasteiger partial charge in [0.2, 0.25) is 11.8 Å². The summed E-state index contributed by atoms with van der Waals surface area (Å²) in [7, 11) is 6.65. The number of alkyl carbamates (subject to hydrolysis) is 1. The number of amides is 7. The number of azide groups is 1. The van der Waals surface area contributed by atoms with Gasteiger partial charge in [-0.15, -0.1) is 0 Å². The van der Waals surface area contributed by atoms with Gasteiger partial charge < -0.3 is 45.0 Å². The Morgan fingerprint density at radius 3 is 2.30 bits per heavy atom. The second kappa shape index (κ2) is 24.2. The number of urea groups is 1. The third-order valence-corrected chi connectivity index (χ3v) is 12.4. The van der Waals surface area contributed by atoms with Crippen LogP contribution in [0, 0.1) is 0 Å². The maximum absolute atomic E-state index is 13.0. The van der Waals surface area contributed by atoms with E-state index in [0.29, 0.717) is 36.0 Å². The van der Waals surface area contributed by atoms with Crippen molar-refractivity contribution in [3.8, 4) is 0 Å². The maximum atomic E-state index is 13.0. The largest absolute Gasteiger partial charge is 0.445 e. The smallest absolute Gasteiger partial charge is 0.409 e. The highest BCUT2D eigenvalue weighted by atomic mass is 32.2. The number of fused-ring (bicyclic) bond motifs is 2. The molecule has 0 spiro atoms. The molecule has 5 rings (SSSR count). The summed E-state index contributed by atoms with van der Waals surface area (Å²) < 4.78 is 10.4. The molecule has 340 valence electrons. The summed E-state index contributed by atoms with van der Waals surface area (Å²) in [4.78, 5) is 83.5. The van der Waals surface area contributed by atoms with Gasteiger partial charge in [0, 0.05) is 101 Å². The van der Waals surface area contributed by atoms with Crippen LogP contribution in [0.2, 0.25) is 0 Å². The normalized spacial score (nSPS) is 16.4. The number of ether oxygens (including phenoxy) is 2. The van der Waals surface area contributed by atoms with E-state index in [9.17, 15) is 28.8 Å². The van der Waals surface area contributed by atoms with Crippen molar-refractivity contribution in [2.45, 2.75) is 49.6 Å². The predicted octanol–water partition coefficient (Wildman–Crippen LogP) is 6.06. The highest BCUT2D eigenvalue weighted by molar-refractivity contribution is 8.00. The molecule has 7 amide bonds. The van der Waals surface area contributed by atoms with Crippen molar-refractivity contribution >= 4 is 70.2 Å². The quantitative estimate of drug-likeness (QED) is 0.0215. The van der Waals surface area contributed by atoms with Crippen LogP contribution in [-0.4, -0.2) is 146 Å². The molecule has 3 N–H and O–H groups in total. The van der Waals surface area contributed by atoms with Gasteiger partial charge in [0.05, 0.1) is 12.1 Å². The van der Waals surface area contributed by atoms with Gasteiger partial charge in [-0.05, 0) is 82.8 Å². The average molecular weight is 897 g/mol. The van der Waals surface area contributed by atoms with Crippen LogP contribution in [0.25, 0.3) is 27.3 Å². The molecular formula is C45H56N10O8S. The number of carbonyl (C=O) groups excluding carboxylic acids is 6. The van der Waals surface area contributed by atoms with Crippen LogP contribution in [0.5, 0.6) is 0 Å². The summed E-state index contributed by atoms with van der Waals surface area (Å²) in [5, 5.41) is 14.4. The van der Waals surface area contributed by atoms with Gasteiger partial charge >= 0.3 is 18.2 Å². The minimum absolute atomic E-state index is 0.0351. The SMILES string of the molecule is CN(CCN(C)C(=O)OC/C=C/COC(=O)NCc1ccc(C(=O)N(C)CCN(C)C(=O)CCCC[C@H]2SC[C@H]3NC(=O)N[C@H]32)cc1)C(=O)/C=C/c1ccc2cc(N=[N+]=[N-])ccc2c1. The first-order valence-corrected chi connectivity index (χ1v) is 22.1. The monoisotopic (exact) mass is 896 g/mol. The molecule has 2 saturated heterocycles. The predicted molar refractivity (Wildman–Crippen MR) is 246 cm³/mol. The average Bonchev–Trinajstić information content (AvgIpc) is 3.86. The Bertz CT molecular complexity index is 2250. The molecular weight excluding hydrogens is 841 g/mol. The zero-order chi connectivity index (χ0) is 46.0. The number of likely N-dealkylation sites (N-methyl/N-ethyl adjacent to an activating group) is 4. The third kappa shape index (κ3) is 14.7. The van der Waals surface area contributed by atoms with Crippen LogP contribution in [0.4, 0.5) is 20.1 Å². The van der Waals surface area contributed by atoms with Crippen molar-refractivity contribution < 1.29 is 38.2 Å². The number of benzene rings is 3. The first-order valence-electron chi connectivity index (χ1n) is 21.0. The van der Waals surface area contributed by atoms with Crippen molar-refractivity contribution in [1.29, 1.82) is 0 Å². The van der Waals surface area contributed by atoms with Gasteiger partial charge in [-0.3, -0.25) is 14.4 Å². The van der Waals surface area contributed by atoms with E-state index in [1.54, 1.807) is 92.6 Å². The van der Waals surface area contributed by atoms with Crippen molar-refractivity contribution in [1.82, 2.24) is 35.6 Å². The molecule has 2 fully saturated rings. The Balaban J connectivity index is 0.888. The fourth-order valence-electron chi connectivity index (χ4n) is 6.95. The van der Waals surface area contributed by atoms with Gasteiger partial charge in [0.1, 0.15) is 13.2 Å². The van der Waals surface area contributed by atoms with Gasteiger partial charge in [-0.2, -0.15) is 11.8 Å². The van der Waals surface area contributed by atoms with E-state index < -0.39 is 12.2 Å². The fraction of sp³-hybridized carbons (Fsp3) is 0.422. The van der Waals surface area contributed by atoms with Crippen LogP contribution in [0.3, 0.4) is 0 Å². The fourth-order valence-corrected chi connectivity index (χ4v) is 8.49. The molecule has 64 heavy (non-hydrogen) atoms. The van der Waals surface area contributed by atoms with Crippen molar-refractivity contribution in [2.75, 3.05) is 73.3 Å². The van der Waals surface area contributed by atoms with Crippen molar-refractivity contribution in [3.63, 3.8) is 0 Å². The van der Waals surface area contributed by atoms with Crippen LogP contribution in [-0.2, 0) is 25.6 Å². The number of hydrogen-bond acceptors (Lipinski definition) is 10. The summed E-state index contributed by atoms with van der Waals surface area (Å²) in [5.41, 5.74) is 11.2. The second-order valence-electron chi connectivity index (χ2n) is 15.6. The molecule has 19 heteroatoms. The molecule has 0 aliphatic carbocycles. The molecule has 2 aliphatic rings. The van der Waals surface area contributed by atoms with Crippen LogP contribution in [0.1, 0.15) is 47.2 Å². The summed E-state index contributed by atoms with van der Waals surface area (Å²) in [6.07, 6.45) is 8.13. The number of carbonyl (C=O) groups is 6. The van der Waals surface area contributed by atoms with Gasteiger partial charge in [-0.1, -0.05) is 47.9 Å². The lowest BCUT2D eigenvalue weighted by Gasteiger charge is -2.23. The number of rotatable bonds is 21. The molecule has 2 heterocycles. The lowest BCUT2D eigenvalue weighted by atomic mass is 10.0. The molecule has 0 bridgehead atoms. The zero-order valence-corrected chi connectivity index (χ0v) is 37.4. The number of unbranched alkanes of at least 4 members (excludes halogenated alkanes) is 1. The van der Waals surface area contributed by atoms with Crippen molar-refractivity contribution in [3.05, 3.63) is 106 Å². The first kappa shape index (κ1) is 48.3. The lowest BCUT2D eigenvalue weighted by molar-refractivity contribution is -0.130.